The monoisotopic (exact) mass is 577 g/mol. The number of aromatic nitrogens is 2. The van der Waals surface area contributed by atoms with E-state index >= 15 is 0 Å². The fourth-order valence-electron chi connectivity index (χ4n) is 7.17. The Balaban J connectivity index is 1.18. The highest BCUT2D eigenvalue weighted by Gasteiger charge is 2.53. The molecule has 1 saturated heterocycles. The van der Waals surface area contributed by atoms with Crippen molar-refractivity contribution in [2.24, 2.45) is 10.2 Å². The molecule has 1 fully saturated rings. The molecule has 2 unspecified atom stereocenters. The van der Waals surface area contributed by atoms with Gasteiger partial charge in [-0.05, 0) is 34.9 Å². The molecule has 3 aliphatic heterocycles. The number of hydrogen-bond donors (Lipinski definition) is 0. The van der Waals surface area contributed by atoms with Gasteiger partial charge in [0.25, 0.3) is 0 Å². The molecule has 0 aliphatic carbocycles. The third-order valence-corrected chi connectivity index (χ3v) is 9.42. The van der Waals surface area contributed by atoms with Gasteiger partial charge in [0.1, 0.15) is 5.60 Å². The maximum atomic E-state index is 12.8. The van der Waals surface area contributed by atoms with E-state index in [4.69, 9.17) is 19.9 Å². The summed E-state index contributed by atoms with van der Waals surface area (Å²) in [5.74, 6) is -0.261. The van der Waals surface area contributed by atoms with E-state index in [0.29, 0.717) is 37.9 Å². The number of likely N-dealkylation sites (tertiary alicyclic amines) is 1. The van der Waals surface area contributed by atoms with Crippen LogP contribution in [-0.2, 0) is 16.0 Å². The predicted molar refractivity (Wildman–Crippen MR) is 168 cm³/mol. The summed E-state index contributed by atoms with van der Waals surface area (Å²) in [4.78, 5) is 24.4. The van der Waals surface area contributed by atoms with Crippen LogP contribution in [-0.4, -0.2) is 33.9 Å². The summed E-state index contributed by atoms with van der Waals surface area (Å²) in [5, 5.41) is 10.2. The van der Waals surface area contributed by atoms with Crippen LogP contribution in [0.25, 0.3) is 22.4 Å². The molecular weight excluding hydrogens is 546 g/mol. The lowest BCUT2D eigenvalue weighted by atomic mass is 9.81. The van der Waals surface area contributed by atoms with Crippen molar-refractivity contribution >= 4 is 5.97 Å². The summed E-state index contributed by atoms with van der Waals surface area (Å²) in [7, 11) is 0. The molecule has 0 amide bonds. The maximum absolute atomic E-state index is 12.8. The number of rotatable bonds is 5. The van der Waals surface area contributed by atoms with Crippen molar-refractivity contribution in [2.75, 3.05) is 13.1 Å². The standard InChI is InChI=1S/C37H31N5O2/c43-35-30-16-20-38-25-32(30)36(44-35)17-21-42(22-18-36)37(31-15-8-19-39-34(31)27-11-5-2-6-12-27)24-33(40-41-37)29-14-7-13-28(23-29)26-9-3-1-4-10-26/h1-16,19-20,23,25,33H,17-18,21-22,24H2. The molecule has 3 aliphatic rings. The predicted octanol–water partition coefficient (Wildman–Crippen LogP) is 7.72. The lowest BCUT2D eigenvalue weighted by Gasteiger charge is -2.45. The number of ether oxygens (including phenoxy) is 1. The van der Waals surface area contributed by atoms with Gasteiger partial charge in [0, 0.05) is 67.6 Å². The maximum Gasteiger partial charge on any atom is 0.339 e. The van der Waals surface area contributed by atoms with E-state index in [1.54, 1.807) is 18.5 Å². The van der Waals surface area contributed by atoms with Crippen molar-refractivity contribution < 1.29 is 9.53 Å². The van der Waals surface area contributed by atoms with Gasteiger partial charge in [0.2, 0.25) is 0 Å². The van der Waals surface area contributed by atoms with Crippen molar-refractivity contribution in [3.8, 4) is 22.4 Å². The van der Waals surface area contributed by atoms with Crippen LogP contribution in [0.2, 0.25) is 0 Å². The second-order valence-corrected chi connectivity index (χ2v) is 11.8. The lowest BCUT2D eigenvalue weighted by molar-refractivity contribution is -0.0641. The Kier molecular flexibility index (Phi) is 6.42. The van der Waals surface area contributed by atoms with Crippen molar-refractivity contribution in [3.05, 3.63) is 144 Å². The fourth-order valence-corrected chi connectivity index (χ4v) is 7.17. The summed E-state index contributed by atoms with van der Waals surface area (Å²) in [5.41, 5.74) is 6.61. The van der Waals surface area contributed by atoms with Gasteiger partial charge in [-0.15, -0.1) is 0 Å². The van der Waals surface area contributed by atoms with Crippen LogP contribution in [0, 0.1) is 0 Å². The van der Waals surface area contributed by atoms with Crippen LogP contribution in [0.3, 0.4) is 0 Å². The second-order valence-electron chi connectivity index (χ2n) is 11.8. The highest BCUT2D eigenvalue weighted by atomic mass is 16.6. The van der Waals surface area contributed by atoms with Crippen molar-refractivity contribution in [1.29, 1.82) is 0 Å². The fraction of sp³-hybridized carbons (Fsp3) is 0.216. The minimum Gasteiger partial charge on any atom is -0.450 e. The number of azo groups is 1. The van der Waals surface area contributed by atoms with E-state index in [2.05, 4.69) is 76.6 Å². The third kappa shape index (κ3) is 4.35. The first-order chi connectivity index (χ1) is 21.7. The molecule has 1 spiro atoms. The number of carbonyl (C=O) groups is 1. The number of hydrogen-bond acceptors (Lipinski definition) is 7. The van der Waals surface area contributed by atoms with Crippen molar-refractivity contribution in [2.45, 2.75) is 36.6 Å². The van der Waals surface area contributed by atoms with Gasteiger partial charge in [0.05, 0.1) is 17.3 Å². The van der Waals surface area contributed by atoms with Gasteiger partial charge < -0.3 is 4.74 Å². The number of benzene rings is 3. The first-order valence-electron chi connectivity index (χ1n) is 15.2. The molecule has 2 aromatic heterocycles. The first kappa shape index (κ1) is 26.6. The summed E-state index contributed by atoms with van der Waals surface area (Å²) in [6.45, 7) is 1.36. The van der Waals surface area contributed by atoms with Crippen LogP contribution < -0.4 is 0 Å². The highest BCUT2D eigenvalue weighted by Crippen LogP contribution is 2.52. The zero-order valence-electron chi connectivity index (χ0n) is 24.2. The molecule has 0 bridgehead atoms. The number of esters is 1. The largest absolute Gasteiger partial charge is 0.450 e. The van der Waals surface area contributed by atoms with Crippen LogP contribution >= 0.6 is 0 Å². The average molecular weight is 578 g/mol. The van der Waals surface area contributed by atoms with Gasteiger partial charge in [0.15, 0.2) is 5.66 Å². The van der Waals surface area contributed by atoms with E-state index in [0.717, 1.165) is 33.5 Å². The topological polar surface area (TPSA) is 80.0 Å². The third-order valence-electron chi connectivity index (χ3n) is 9.42. The molecule has 7 heteroatoms. The number of fused-ring (bicyclic) bond motifs is 2. The number of nitrogens with zero attached hydrogens (tertiary/aromatic N) is 5. The second kappa shape index (κ2) is 10.6. The number of carbonyl (C=O) groups excluding carboxylic acids is 1. The van der Waals surface area contributed by atoms with Crippen LogP contribution in [0.4, 0.5) is 0 Å². The minimum atomic E-state index is -0.727. The first-order valence-corrected chi connectivity index (χ1v) is 15.2. The molecule has 0 saturated carbocycles. The molecule has 8 rings (SSSR count). The highest BCUT2D eigenvalue weighted by molar-refractivity contribution is 5.94. The summed E-state index contributed by atoms with van der Waals surface area (Å²) >= 11 is 0. The average Bonchev–Trinajstić information content (AvgIpc) is 3.67. The summed E-state index contributed by atoms with van der Waals surface area (Å²) in [6.07, 6.45) is 7.29. The molecule has 5 aromatic rings. The Morgan fingerprint density at radius 1 is 0.750 bits per heavy atom. The summed E-state index contributed by atoms with van der Waals surface area (Å²) in [6, 6.07) is 35.2. The molecule has 2 atom stereocenters. The summed E-state index contributed by atoms with van der Waals surface area (Å²) < 4.78 is 6.08. The number of piperidine rings is 1. The van der Waals surface area contributed by atoms with Gasteiger partial charge in [-0.3, -0.25) is 14.9 Å². The van der Waals surface area contributed by atoms with Gasteiger partial charge in [-0.25, -0.2) is 4.79 Å². The SMILES string of the molecule is O=C1OC2(CCN(C3(c4cccnc4-c4ccccc4)CC(c4cccc(-c5ccccc5)c4)N=N3)CC2)c2cnccc21. The van der Waals surface area contributed by atoms with E-state index in [-0.39, 0.29) is 12.0 Å². The molecule has 3 aromatic carbocycles. The van der Waals surface area contributed by atoms with E-state index in [9.17, 15) is 4.79 Å². The number of pyridine rings is 2. The quantitative estimate of drug-likeness (QED) is 0.200. The van der Waals surface area contributed by atoms with E-state index in [1.165, 1.54) is 5.56 Å². The molecule has 0 N–H and O–H groups in total. The molecule has 216 valence electrons. The van der Waals surface area contributed by atoms with Crippen LogP contribution in [0.1, 0.15) is 52.4 Å². The van der Waals surface area contributed by atoms with Gasteiger partial charge in [-0.1, -0.05) is 84.9 Å². The zero-order chi connectivity index (χ0) is 29.6. The molecule has 7 nitrogen and oxygen atoms in total. The Labute approximate surface area is 256 Å². The van der Waals surface area contributed by atoms with E-state index in [1.807, 2.05) is 36.5 Å². The Hall–Kier alpha value is -5.01. The Morgan fingerprint density at radius 3 is 2.30 bits per heavy atom. The van der Waals surface area contributed by atoms with Crippen molar-refractivity contribution in [3.63, 3.8) is 0 Å². The van der Waals surface area contributed by atoms with Crippen LogP contribution in [0.15, 0.2) is 132 Å². The molecule has 5 heterocycles. The smallest absolute Gasteiger partial charge is 0.339 e. The van der Waals surface area contributed by atoms with Crippen LogP contribution in [0.5, 0.6) is 0 Å². The Morgan fingerprint density at radius 2 is 1.50 bits per heavy atom. The molecular formula is C37H31N5O2. The van der Waals surface area contributed by atoms with Gasteiger partial charge in [-0.2, -0.15) is 10.2 Å². The normalized spacial score (nSPS) is 22.2. The van der Waals surface area contributed by atoms with E-state index < -0.39 is 11.3 Å². The minimum absolute atomic E-state index is 0.118. The molecule has 44 heavy (non-hydrogen) atoms. The zero-order valence-corrected chi connectivity index (χ0v) is 24.2. The Bertz CT molecular complexity index is 1870. The lowest BCUT2D eigenvalue weighted by Crippen LogP contribution is -2.52. The van der Waals surface area contributed by atoms with Crippen molar-refractivity contribution in [1.82, 2.24) is 14.9 Å². The molecule has 0 radical (unpaired) electrons. The van der Waals surface area contributed by atoms with Gasteiger partial charge >= 0.3 is 5.97 Å².